The lowest BCUT2D eigenvalue weighted by atomic mass is 9.97. The molecule has 1 aliphatic carbocycles. The Hall–Kier alpha value is -1.09. The summed E-state index contributed by atoms with van der Waals surface area (Å²) in [6, 6.07) is 4.87. The topological polar surface area (TPSA) is 18.5 Å². The highest BCUT2D eigenvalue weighted by molar-refractivity contribution is 5.35. The molecular weight excluding hydrogens is 267 g/mol. The first-order valence-corrected chi connectivity index (χ1v) is 8.38. The van der Waals surface area contributed by atoms with Crippen molar-refractivity contribution in [1.82, 2.24) is 0 Å². The number of benzene rings is 1. The van der Waals surface area contributed by atoms with Gasteiger partial charge in [0.25, 0.3) is 0 Å². The smallest absolute Gasteiger partial charge is 0.126 e. The van der Waals surface area contributed by atoms with E-state index in [-0.39, 0.29) is 11.9 Å². The molecule has 1 aromatic rings. The Labute approximate surface area is 126 Å². The normalized spacial score (nSPS) is 22.6. The van der Waals surface area contributed by atoms with Gasteiger partial charge < -0.3 is 9.47 Å². The maximum absolute atomic E-state index is 13.2. The first kappa shape index (κ1) is 14.8. The number of hydrogen-bond donors (Lipinski definition) is 0. The van der Waals surface area contributed by atoms with Crippen LogP contribution in [0.15, 0.2) is 18.2 Å². The number of aryl methyl sites for hydroxylation is 1. The van der Waals surface area contributed by atoms with Gasteiger partial charge in [-0.2, -0.15) is 0 Å². The Bertz CT molecular complexity index is 455. The Balaban J connectivity index is 1.38. The van der Waals surface area contributed by atoms with E-state index < -0.39 is 0 Å². The number of ether oxygens (including phenoxy) is 2. The molecule has 3 heteroatoms. The molecule has 1 heterocycles. The summed E-state index contributed by atoms with van der Waals surface area (Å²) >= 11 is 0. The fraction of sp³-hybridized carbons (Fsp3) is 0.667. The average molecular weight is 292 g/mol. The fourth-order valence-corrected chi connectivity index (χ4v) is 3.40. The Morgan fingerprint density at radius 2 is 2.00 bits per heavy atom. The maximum atomic E-state index is 13.2. The van der Waals surface area contributed by atoms with Gasteiger partial charge in [0.15, 0.2) is 0 Å². The number of halogens is 1. The zero-order valence-electron chi connectivity index (χ0n) is 12.7. The third-order valence-electron chi connectivity index (χ3n) is 4.63. The van der Waals surface area contributed by atoms with Crippen LogP contribution in [0.3, 0.4) is 0 Å². The van der Waals surface area contributed by atoms with Crippen molar-refractivity contribution in [3.8, 4) is 5.75 Å². The second kappa shape index (κ2) is 7.26. The van der Waals surface area contributed by atoms with Crippen molar-refractivity contribution in [3.63, 3.8) is 0 Å². The van der Waals surface area contributed by atoms with Gasteiger partial charge in [0.1, 0.15) is 11.6 Å². The predicted molar refractivity (Wildman–Crippen MR) is 81.2 cm³/mol. The standard InChI is InChI=1S/C18H25FO2/c19-15-10-8-14-9-11-17(21-18(14)13-15)7-4-12-20-16-5-2-1-3-6-16/h8,10,13,16-17H,1-7,9,11-12H2. The van der Waals surface area contributed by atoms with E-state index in [4.69, 9.17) is 9.47 Å². The van der Waals surface area contributed by atoms with Crippen molar-refractivity contribution in [2.24, 2.45) is 0 Å². The Morgan fingerprint density at radius 1 is 1.14 bits per heavy atom. The van der Waals surface area contributed by atoms with Crippen molar-refractivity contribution in [2.45, 2.75) is 70.0 Å². The van der Waals surface area contributed by atoms with Crippen LogP contribution in [0.1, 0.15) is 56.9 Å². The molecule has 3 rings (SSSR count). The van der Waals surface area contributed by atoms with Gasteiger partial charge in [0.05, 0.1) is 12.2 Å². The third kappa shape index (κ3) is 4.19. The summed E-state index contributed by atoms with van der Waals surface area (Å²) in [6.07, 6.45) is 11.2. The molecule has 0 bridgehead atoms. The molecule has 1 fully saturated rings. The first-order valence-electron chi connectivity index (χ1n) is 8.38. The highest BCUT2D eigenvalue weighted by atomic mass is 19.1. The van der Waals surface area contributed by atoms with Gasteiger partial charge in [-0.15, -0.1) is 0 Å². The summed E-state index contributed by atoms with van der Waals surface area (Å²) in [5.74, 6) is 0.523. The van der Waals surface area contributed by atoms with Crippen LogP contribution in [0.25, 0.3) is 0 Å². The molecule has 0 saturated heterocycles. The SMILES string of the molecule is Fc1ccc2c(c1)OC(CCCOC1CCCCC1)CC2. The van der Waals surface area contributed by atoms with Gasteiger partial charge in [-0.1, -0.05) is 25.3 Å². The second-order valence-electron chi connectivity index (χ2n) is 6.30. The van der Waals surface area contributed by atoms with Crippen LogP contribution in [0.2, 0.25) is 0 Å². The van der Waals surface area contributed by atoms with E-state index in [0.717, 1.165) is 43.6 Å². The van der Waals surface area contributed by atoms with Crippen LogP contribution in [0.5, 0.6) is 5.75 Å². The molecule has 2 nitrogen and oxygen atoms in total. The van der Waals surface area contributed by atoms with Crippen molar-refractivity contribution in [2.75, 3.05) is 6.61 Å². The van der Waals surface area contributed by atoms with Crippen LogP contribution in [0, 0.1) is 5.82 Å². The lowest BCUT2D eigenvalue weighted by molar-refractivity contribution is 0.0215. The van der Waals surface area contributed by atoms with E-state index in [1.807, 2.05) is 6.07 Å². The maximum Gasteiger partial charge on any atom is 0.126 e. The van der Waals surface area contributed by atoms with Crippen molar-refractivity contribution < 1.29 is 13.9 Å². The number of hydrogen-bond acceptors (Lipinski definition) is 2. The van der Waals surface area contributed by atoms with Crippen molar-refractivity contribution in [3.05, 3.63) is 29.6 Å². The number of rotatable bonds is 5. The van der Waals surface area contributed by atoms with Crippen LogP contribution in [-0.2, 0) is 11.2 Å². The minimum atomic E-state index is -0.213. The Kier molecular flexibility index (Phi) is 5.13. The van der Waals surface area contributed by atoms with E-state index in [9.17, 15) is 4.39 Å². The monoisotopic (exact) mass is 292 g/mol. The lowest BCUT2D eigenvalue weighted by Gasteiger charge is -2.27. The molecule has 1 saturated carbocycles. The Morgan fingerprint density at radius 3 is 2.86 bits per heavy atom. The van der Waals surface area contributed by atoms with Gasteiger partial charge in [-0.05, 0) is 50.2 Å². The summed E-state index contributed by atoms with van der Waals surface area (Å²) in [5.41, 5.74) is 1.13. The minimum absolute atomic E-state index is 0.213. The first-order chi connectivity index (χ1) is 10.3. The summed E-state index contributed by atoms with van der Waals surface area (Å²) in [4.78, 5) is 0. The van der Waals surface area contributed by atoms with E-state index >= 15 is 0 Å². The van der Waals surface area contributed by atoms with Crippen molar-refractivity contribution in [1.29, 1.82) is 0 Å². The zero-order valence-corrected chi connectivity index (χ0v) is 12.7. The molecule has 2 aliphatic rings. The van der Waals surface area contributed by atoms with E-state index in [1.165, 1.54) is 44.2 Å². The van der Waals surface area contributed by atoms with Gasteiger partial charge in [0.2, 0.25) is 0 Å². The molecule has 0 radical (unpaired) electrons. The van der Waals surface area contributed by atoms with Crippen LogP contribution in [0.4, 0.5) is 4.39 Å². The van der Waals surface area contributed by atoms with Gasteiger partial charge >= 0.3 is 0 Å². The van der Waals surface area contributed by atoms with Crippen LogP contribution < -0.4 is 4.74 Å². The second-order valence-corrected chi connectivity index (χ2v) is 6.30. The third-order valence-corrected chi connectivity index (χ3v) is 4.63. The van der Waals surface area contributed by atoms with Gasteiger partial charge in [0, 0.05) is 12.7 Å². The summed E-state index contributed by atoms with van der Waals surface area (Å²) in [6.45, 7) is 0.834. The highest BCUT2D eigenvalue weighted by Gasteiger charge is 2.20. The summed E-state index contributed by atoms with van der Waals surface area (Å²) in [5, 5.41) is 0. The molecule has 0 N–H and O–H groups in total. The average Bonchev–Trinajstić information content (AvgIpc) is 2.52. The lowest BCUT2D eigenvalue weighted by Crippen LogP contribution is -2.24. The molecule has 1 unspecified atom stereocenters. The van der Waals surface area contributed by atoms with Crippen LogP contribution >= 0.6 is 0 Å². The predicted octanol–water partition coefficient (Wildman–Crippen LogP) is 4.65. The fourth-order valence-electron chi connectivity index (χ4n) is 3.40. The molecule has 0 spiro atoms. The van der Waals surface area contributed by atoms with Crippen LogP contribution in [-0.4, -0.2) is 18.8 Å². The molecule has 1 aromatic carbocycles. The summed E-state index contributed by atoms with van der Waals surface area (Å²) < 4.78 is 25.1. The number of fused-ring (bicyclic) bond motifs is 1. The molecule has 0 amide bonds. The van der Waals surface area contributed by atoms with E-state index in [0.29, 0.717) is 6.10 Å². The molecule has 0 aromatic heterocycles. The molecule has 1 atom stereocenters. The molecule has 1 aliphatic heterocycles. The van der Waals surface area contributed by atoms with E-state index in [2.05, 4.69) is 0 Å². The quantitative estimate of drug-likeness (QED) is 0.735. The molecule has 21 heavy (non-hydrogen) atoms. The highest BCUT2D eigenvalue weighted by Crippen LogP contribution is 2.30. The minimum Gasteiger partial charge on any atom is -0.490 e. The van der Waals surface area contributed by atoms with Gasteiger partial charge in [-0.25, -0.2) is 4.39 Å². The zero-order chi connectivity index (χ0) is 14.5. The van der Waals surface area contributed by atoms with E-state index in [1.54, 1.807) is 0 Å². The van der Waals surface area contributed by atoms with Crippen molar-refractivity contribution >= 4 is 0 Å². The molecular formula is C18H25FO2. The van der Waals surface area contributed by atoms with Gasteiger partial charge in [-0.3, -0.25) is 0 Å². The molecule has 116 valence electrons. The summed E-state index contributed by atoms with van der Waals surface area (Å²) in [7, 11) is 0. The largest absolute Gasteiger partial charge is 0.490 e.